The van der Waals surface area contributed by atoms with Crippen LogP contribution >= 0.6 is 15.9 Å². The Morgan fingerprint density at radius 1 is 1.00 bits per heavy atom. The van der Waals surface area contributed by atoms with Crippen LogP contribution in [0.3, 0.4) is 0 Å². The third kappa shape index (κ3) is 6.48. The fourth-order valence-electron chi connectivity index (χ4n) is 2.30. The molecule has 2 rings (SSSR count). The topological polar surface area (TPSA) is 65.5 Å². The smallest absolute Gasteiger partial charge is 0.251 e. The van der Waals surface area contributed by atoms with Gasteiger partial charge in [0.25, 0.3) is 5.91 Å². The van der Waals surface area contributed by atoms with Crippen molar-refractivity contribution in [3.05, 3.63) is 69.9 Å². The molecule has 0 radical (unpaired) electrons. The Balaban J connectivity index is 1.66. The number of hydrogen-bond acceptors (Lipinski definition) is 2. The van der Waals surface area contributed by atoms with Crippen LogP contribution in [0.2, 0.25) is 0 Å². The van der Waals surface area contributed by atoms with Gasteiger partial charge in [0, 0.05) is 36.7 Å². The minimum atomic E-state index is -0.201. The van der Waals surface area contributed by atoms with Crippen LogP contribution in [0, 0.1) is 5.82 Å². The van der Waals surface area contributed by atoms with Crippen molar-refractivity contribution < 1.29 is 9.18 Å². The summed E-state index contributed by atoms with van der Waals surface area (Å²) in [6.45, 7) is 1.55. The molecule has 0 aliphatic carbocycles. The Morgan fingerprint density at radius 3 is 2.35 bits per heavy atom. The number of carbonyl (C=O) groups is 1. The molecule has 138 valence electrons. The van der Waals surface area contributed by atoms with Crippen LogP contribution in [0.25, 0.3) is 0 Å². The van der Waals surface area contributed by atoms with Gasteiger partial charge in [-0.15, -0.1) is 0 Å². The molecule has 0 bridgehead atoms. The van der Waals surface area contributed by atoms with Crippen LogP contribution < -0.4 is 16.0 Å². The number of carbonyl (C=O) groups excluding carboxylic acids is 1. The summed E-state index contributed by atoms with van der Waals surface area (Å²) in [7, 11) is 1.67. The molecule has 26 heavy (non-hydrogen) atoms. The highest BCUT2D eigenvalue weighted by Crippen LogP contribution is 2.10. The number of nitrogens with one attached hydrogen (secondary N) is 3. The second kappa shape index (κ2) is 10.6. The van der Waals surface area contributed by atoms with E-state index in [9.17, 15) is 9.18 Å². The summed E-state index contributed by atoms with van der Waals surface area (Å²) < 4.78 is 14.5. The number of aliphatic imine (C=N–C) groups is 1. The fourth-order valence-corrected chi connectivity index (χ4v) is 2.56. The van der Waals surface area contributed by atoms with E-state index in [2.05, 4.69) is 36.9 Å². The lowest BCUT2D eigenvalue weighted by molar-refractivity contribution is 0.0954. The van der Waals surface area contributed by atoms with Crippen LogP contribution in [-0.4, -0.2) is 38.5 Å². The lowest BCUT2D eigenvalue weighted by Crippen LogP contribution is -2.42. The molecular formula is C19H22BrFN4O. The molecule has 3 N–H and O–H groups in total. The van der Waals surface area contributed by atoms with Crippen molar-refractivity contribution >= 4 is 27.8 Å². The molecular weight excluding hydrogens is 399 g/mol. The number of hydrogen-bond donors (Lipinski definition) is 3. The van der Waals surface area contributed by atoms with Gasteiger partial charge in [0.1, 0.15) is 5.82 Å². The number of guanidine groups is 1. The van der Waals surface area contributed by atoms with Gasteiger partial charge in [0.05, 0.1) is 0 Å². The predicted octanol–water partition coefficient (Wildman–Crippen LogP) is 2.73. The van der Waals surface area contributed by atoms with E-state index in [1.165, 1.54) is 6.07 Å². The van der Waals surface area contributed by atoms with Crippen LogP contribution in [0.5, 0.6) is 0 Å². The van der Waals surface area contributed by atoms with Gasteiger partial charge in [-0.2, -0.15) is 0 Å². The molecule has 0 saturated carbocycles. The summed E-state index contributed by atoms with van der Waals surface area (Å²) in [5, 5.41) is 9.07. The molecule has 0 aliphatic heterocycles. The summed E-state index contributed by atoms with van der Waals surface area (Å²) in [5.41, 5.74) is 1.28. The maximum absolute atomic E-state index is 13.6. The van der Waals surface area contributed by atoms with E-state index >= 15 is 0 Å². The Morgan fingerprint density at radius 2 is 1.65 bits per heavy atom. The first-order valence-electron chi connectivity index (χ1n) is 8.32. The number of rotatable bonds is 7. The predicted molar refractivity (Wildman–Crippen MR) is 106 cm³/mol. The Labute approximate surface area is 161 Å². The number of halogens is 2. The molecule has 0 fully saturated rings. The molecule has 0 heterocycles. The molecule has 0 unspecified atom stereocenters. The molecule has 0 aliphatic rings. The first kappa shape index (κ1) is 19.9. The first-order chi connectivity index (χ1) is 12.6. The van der Waals surface area contributed by atoms with Crippen molar-refractivity contribution in [1.29, 1.82) is 0 Å². The summed E-state index contributed by atoms with van der Waals surface area (Å²) in [4.78, 5) is 16.1. The van der Waals surface area contributed by atoms with Gasteiger partial charge in [-0.05, 0) is 42.3 Å². The van der Waals surface area contributed by atoms with E-state index in [0.29, 0.717) is 43.1 Å². The highest BCUT2D eigenvalue weighted by Gasteiger charge is 2.05. The largest absolute Gasteiger partial charge is 0.356 e. The van der Waals surface area contributed by atoms with E-state index in [1.54, 1.807) is 31.3 Å². The SMILES string of the molecule is CN=C(NCCNC(=O)c1ccc(Br)cc1)NCCc1ccccc1F. The summed E-state index contributed by atoms with van der Waals surface area (Å²) in [5.74, 6) is 0.286. The number of nitrogens with zero attached hydrogens (tertiary/aromatic N) is 1. The average Bonchev–Trinajstić information content (AvgIpc) is 2.65. The third-order valence-corrected chi connectivity index (χ3v) is 4.21. The first-order valence-corrected chi connectivity index (χ1v) is 9.11. The minimum Gasteiger partial charge on any atom is -0.356 e. The van der Waals surface area contributed by atoms with Gasteiger partial charge >= 0.3 is 0 Å². The Bertz CT molecular complexity index is 749. The lowest BCUT2D eigenvalue weighted by Gasteiger charge is -2.12. The quantitative estimate of drug-likeness (QED) is 0.366. The Hall–Kier alpha value is -2.41. The number of benzene rings is 2. The van der Waals surface area contributed by atoms with Crippen molar-refractivity contribution in [2.24, 2.45) is 4.99 Å². The van der Waals surface area contributed by atoms with E-state index in [-0.39, 0.29) is 11.7 Å². The normalized spacial score (nSPS) is 11.1. The lowest BCUT2D eigenvalue weighted by atomic mass is 10.1. The highest BCUT2D eigenvalue weighted by molar-refractivity contribution is 9.10. The zero-order valence-corrected chi connectivity index (χ0v) is 16.1. The maximum atomic E-state index is 13.6. The van der Waals surface area contributed by atoms with Crippen LogP contribution in [-0.2, 0) is 6.42 Å². The number of amides is 1. The highest BCUT2D eigenvalue weighted by atomic mass is 79.9. The molecule has 0 aromatic heterocycles. The van der Waals surface area contributed by atoms with E-state index < -0.39 is 0 Å². The molecule has 2 aromatic carbocycles. The molecule has 0 saturated heterocycles. The van der Waals surface area contributed by atoms with Gasteiger partial charge < -0.3 is 16.0 Å². The standard InChI is InChI=1S/C19H22BrFN4O/c1-22-19(24-11-10-14-4-2-3-5-17(14)21)25-13-12-23-18(26)15-6-8-16(20)9-7-15/h2-9H,10-13H2,1H3,(H,23,26)(H2,22,24,25). The van der Waals surface area contributed by atoms with Crippen LogP contribution in [0.15, 0.2) is 58.0 Å². The minimum absolute atomic E-state index is 0.123. The average molecular weight is 421 g/mol. The van der Waals surface area contributed by atoms with Gasteiger partial charge in [-0.1, -0.05) is 34.1 Å². The molecule has 1 amide bonds. The summed E-state index contributed by atoms with van der Waals surface area (Å²) in [6, 6.07) is 13.9. The fraction of sp³-hybridized carbons (Fsp3) is 0.263. The molecule has 0 atom stereocenters. The van der Waals surface area contributed by atoms with Gasteiger partial charge in [-0.3, -0.25) is 9.79 Å². The summed E-state index contributed by atoms with van der Waals surface area (Å²) in [6.07, 6.45) is 0.563. The van der Waals surface area contributed by atoms with Crippen molar-refractivity contribution in [2.75, 3.05) is 26.7 Å². The van der Waals surface area contributed by atoms with E-state index in [0.717, 1.165) is 4.47 Å². The van der Waals surface area contributed by atoms with Crippen LogP contribution in [0.1, 0.15) is 15.9 Å². The Kier molecular flexibility index (Phi) is 8.08. The van der Waals surface area contributed by atoms with Crippen LogP contribution in [0.4, 0.5) is 4.39 Å². The van der Waals surface area contributed by atoms with Crippen molar-refractivity contribution in [3.63, 3.8) is 0 Å². The van der Waals surface area contributed by atoms with Crippen molar-refractivity contribution in [1.82, 2.24) is 16.0 Å². The van der Waals surface area contributed by atoms with Gasteiger partial charge in [-0.25, -0.2) is 4.39 Å². The third-order valence-electron chi connectivity index (χ3n) is 3.68. The van der Waals surface area contributed by atoms with Gasteiger partial charge in [0.15, 0.2) is 5.96 Å². The van der Waals surface area contributed by atoms with E-state index in [4.69, 9.17) is 0 Å². The summed E-state index contributed by atoms with van der Waals surface area (Å²) >= 11 is 3.34. The van der Waals surface area contributed by atoms with E-state index in [1.807, 2.05) is 18.2 Å². The second-order valence-electron chi connectivity index (χ2n) is 5.53. The second-order valence-corrected chi connectivity index (χ2v) is 6.45. The molecule has 0 spiro atoms. The molecule has 7 heteroatoms. The van der Waals surface area contributed by atoms with Gasteiger partial charge in [0.2, 0.25) is 0 Å². The maximum Gasteiger partial charge on any atom is 0.251 e. The zero-order valence-electron chi connectivity index (χ0n) is 14.6. The molecule has 5 nitrogen and oxygen atoms in total. The van der Waals surface area contributed by atoms with Crippen molar-refractivity contribution in [3.8, 4) is 0 Å². The van der Waals surface area contributed by atoms with Crippen molar-refractivity contribution in [2.45, 2.75) is 6.42 Å². The molecule has 2 aromatic rings. The zero-order chi connectivity index (χ0) is 18.8. The monoisotopic (exact) mass is 420 g/mol.